The van der Waals surface area contributed by atoms with Gasteiger partial charge in [0.25, 0.3) is 0 Å². The van der Waals surface area contributed by atoms with Gasteiger partial charge in [0.05, 0.1) is 22.8 Å². The van der Waals surface area contributed by atoms with E-state index in [1.807, 2.05) is 12.1 Å². The van der Waals surface area contributed by atoms with Gasteiger partial charge >= 0.3 is 0 Å². The van der Waals surface area contributed by atoms with Crippen LogP contribution in [-0.4, -0.2) is 41.0 Å². The number of amides is 1. The first-order chi connectivity index (χ1) is 17.6. The predicted molar refractivity (Wildman–Crippen MR) is 134 cm³/mol. The molecular formula is C26H19FN8O. The molecule has 9 nitrogen and oxygen atoms in total. The number of fused-ring (bicyclic) bond motifs is 2. The SMILES string of the molecule is CCC(=O)Nc1cncc(-c2cnc3n[nH]c(-c4nc5nccc(-c6ccccc6F)c5[nH]4)c3c2)c1. The topological polar surface area (TPSA) is 125 Å². The number of halogens is 1. The van der Waals surface area contributed by atoms with Crippen LogP contribution in [0.4, 0.5) is 10.1 Å². The summed E-state index contributed by atoms with van der Waals surface area (Å²) in [6.45, 7) is 1.79. The lowest BCUT2D eigenvalue weighted by atomic mass is 10.1. The van der Waals surface area contributed by atoms with Gasteiger partial charge in [-0.2, -0.15) is 5.10 Å². The van der Waals surface area contributed by atoms with Crippen molar-refractivity contribution in [3.05, 3.63) is 73.1 Å². The summed E-state index contributed by atoms with van der Waals surface area (Å²) in [5.41, 5.74) is 5.54. The lowest BCUT2D eigenvalue weighted by molar-refractivity contribution is -0.115. The van der Waals surface area contributed by atoms with E-state index in [9.17, 15) is 9.18 Å². The molecule has 6 aromatic rings. The molecule has 0 bridgehead atoms. The van der Waals surface area contributed by atoms with Gasteiger partial charge in [-0.1, -0.05) is 25.1 Å². The van der Waals surface area contributed by atoms with Crippen molar-refractivity contribution >= 4 is 33.8 Å². The van der Waals surface area contributed by atoms with Crippen molar-refractivity contribution < 1.29 is 9.18 Å². The zero-order chi connectivity index (χ0) is 24.6. The molecule has 5 aromatic heterocycles. The molecule has 0 aliphatic carbocycles. The van der Waals surface area contributed by atoms with E-state index in [-0.39, 0.29) is 11.7 Å². The van der Waals surface area contributed by atoms with Crippen molar-refractivity contribution in [3.63, 3.8) is 0 Å². The summed E-state index contributed by atoms with van der Waals surface area (Å²) >= 11 is 0. The summed E-state index contributed by atoms with van der Waals surface area (Å²) in [6.07, 6.45) is 6.99. The summed E-state index contributed by atoms with van der Waals surface area (Å²) in [7, 11) is 0. The molecule has 0 unspecified atom stereocenters. The standard InChI is InChI=1S/C26H19FN8O/c1-2-21(36)31-16-9-14(11-28-13-16)15-10-19-23(34-35-24(19)30-12-15)26-32-22-18(7-8-29-25(22)33-26)17-5-3-4-6-20(17)27/h3-13H,2H2,1H3,(H,31,36)(H,29,32,33)(H,30,34,35). The van der Waals surface area contributed by atoms with Crippen LogP contribution < -0.4 is 5.32 Å². The summed E-state index contributed by atoms with van der Waals surface area (Å²) in [5, 5.41) is 10.9. The van der Waals surface area contributed by atoms with Crippen molar-refractivity contribution in [2.24, 2.45) is 0 Å². The van der Waals surface area contributed by atoms with E-state index in [4.69, 9.17) is 0 Å². The maximum Gasteiger partial charge on any atom is 0.224 e. The fourth-order valence-corrected chi connectivity index (χ4v) is 4.09. The van der Waals surface area contributed by atoms with Crippen LogP contribution in [0.25, 0.3) is 56.0 Å². The average molecular weight is 478 g/mol. The maximum absolute atomic E-state index is 14.5. The van der Waals surface area contributed by atoms with Crippen LogP contribution in [0.5, 0.6) is 0 Å². The minimum absolute atomic E-state index is 0.0899. The molecule has 0 saturated heterocycles. The summed E-state index contributed by atoms with van der Waals surface area (Å²) in [5.74, 6) is 0.0886. The number of imidazole rings is 1. The summed E-state index contributed by atoms with van der Waals surface area (Å²) < 4.78 is 14.5. The second-order valence-electron chi connectivity index (χ2n) is 8.18. The smallest absolute Gasteiger partial charge is 0.224 e. The minimum atomic E-state index is -0.326. The van der Waals surface area contributed by atoms with Gasteiger partial charge in [0.1, 0.15) is 11.5 Å². The van der Waals surface area contributed by atoms with Crippen molar-refractivity contribution in [1.29, 1.82) is 0 Å². The Morgan fingerprint density at radius 2 is 1.86 bits per heavy atom. The highest BCUT2D eigenvalue weighted by Gasteiger charge is 2.17. The summed E-state index contributed by atoms with van der Waals surface area (Å²) in [4.78, 5) is 32.8. The van der Waals surface area contributed by atoms with E-state index in [0.29, 0.717) is 51.6 Å². The van der Waals surface area contributed by atoms with Crippen LogP contribution in [-0.2, 0) is 4.79 Å². The van der Waals surface area contributed by atoms with Gasteiger partial charge in [-0.05, 0) is 24.3 Å². The monoisotopic (exact) mass is 478 g/mol. The average Bonchev–Trinajstić information content (AvgIpc) is 3.52. The molecular weight excluding hydrogens is 459 g/mol. The quantitative estimate of drug-likeness (QED) is 0.316. The van der Waals surface area contributed by atoms with Gasteiger partial charge in [0.15, 0.2) is 17.1 Å². The van der Waals surface area contributed by atoms with Gasteiger partial charge in [-0.15, -0.1) is 0 Å². The van der Waals surface area contributed by atoms with Crippen LogP contribution in [0.3, 0.4) is 0 Å². The lowest BCUT2D eigenvalue weighted by Crippen LogP contribution is -2.09. The maximum atomic E-state index is 14.5. The van der Waals surface area contributed by atoms with Crippen LogP contribution >= 0.6 is 0 Å². The van der Waals surface area contributed by atoms with E-state index < -0.39 is 0 Å². The predicted octanol–water partition coefficient (Wildman–Crippen LogP) is 5.11. The first kappa shape index (κ1) is 21.5. The number of rotatable bonds is 5. The van der Waals surface area contributed by atoms with Crippen molar-refractivity contribution in [2.45, 2.75) is 13.3 Å². The molecule has 0 fully saturated rings. The highest BCUT2D eigenvalue weighted by atomic mass is 19.1. The Balaban J connectivity index is 1.44. The number of aromatic amines is 2. The van der Waals surface area contributed by atoms with E-state index in [1.54, 1.807) is 56.0 Å². The number of hydrogen-bond acceptors (Lipinski definition) is 6. The molecule has 5 heterocycles. The molecule has 0 aliphatic rings. The lowest BCUT2D eigenvalue weighted by Gasteiger charge is -2.06. The minimum Gasteiger partial charge on any atom is -0.335 e. The van der Waals surface area contributed by atoms with E-state index in [0.717, 1.165) is 16.5 Å². The molecule has 0 aliphatic heterocycles. The van der Waals surface area contributed by atoms with Gasteiger partial charge in [-0.3, -0.25) is 14.9 Å². The molecule has 0 spiro atoms. The number of nitrogens with one attached hydrogen (secondary N) is 3. The molecule has 0 radical (unpaired) electrons. The zero-order valence-electron chi connectivity index (χ0n) is 19.1. The number of nitrogens with zero attached hydrogens (tertiary/aromatic N) is 5. The Hall–Kier alpha value is -4.99. The third kappa shape index (κ3) is 3.74. The number of benzene rings is 1. The molecule has 6 rings (SSSR count). The van der Waals surface area contributed by atoms with Crippen molar-refractivity contribution in [3.8, 4) is 33.8 Å². The number of aromatic nitrogens is 7. The molecule has 1 aromatic carbocycles. The third-order valence-electron chi connectivity index (χ3n) is 5.88. The number of pyridine rings is 3. The number of hydrogen-bond donors (Lipinski definition) is 3. The normalized spacial score (nSPS) is 11.3. The van der Waals surface area contributed by atoms with Gasteiger partial charge in [0, 0.05) is 47.3 Å². The fraction of sp³-hybridized carbons (Fsp3) is 0.0769. The first-order valence-electron chi connectivity index (χ1n) is 11.3. The molecule has 10 heteroatoms. The molecule has 36 heavy (non-hydrogen) atoms. The Bertz CT molecular complexity index is 1760. The summed E-state index contributed by atoms with van der Waals surface area (Å²) in [6, 6.07) is 12.1. The number of carbonyl (C=O) groups is 1. The Labute approximate surface area is 203 Å². The molecule has 176 valence electrons. The van der Waals surface area contributed by atoms with Crippen LogP contribution in [0.15, 0.2) is 67.3 Å². The highest BCUT2D eigenvalue weighted by Crippen LogP contribution is 2.32. The van der Waals surface area contributed by atoms with Crippen LogP contribution in [0.2, 0.25) is 0 Å². The Kier molecular flexibility index (Phi) is 5.18. The Morgan fingerprint density at radius 3 is 2.72 bits per heavy atom. The molecule has 3 N–H and O–H groups in total. The Morgan fingerprint density at radius 1 is 1.00 bits per heavy atom. The van der Waals surface area contributed by atoms with Gasteiger partial charge in [0.2, 0.25) is 5.91 Å². The molecule has 0 saturated carbocycles. The van der Waals surface area contributed by atoms with Gasteiger partial charge < -0.3 is 10.3 Å². The fourth-order valence-electron chi connectivity index (χ4n) is 4.09. The molecule has 1 amide bonds. The van der Waals surface area contributed by atoms with Crippen molar-refractivity contribution in [1.82, 2.24) is 35.1 Å². The second-order valence-corrected chi connectivity index (χ2v) is 8.18. The van der Waals surface area contributed by atoms with Crippen LogP contribution in [0.1, 0.15) is 13.3 Å². The van der Waals surface area contributed by atoms with E-state index >= 15 is 0 Å². The first-order valence-corrected chi connectivity index (χ1v) is 11.3. The third-order valence-corrected chi connectivity index (χ3v) is 5.88. The highest BCUT2D eigenvalue weighted by molar-refractivity contribution is 5.96. The van der Waals surface area contributed by atoms with Crippen LogP contribution in [0, 0.1) is 5.82 Å². The van der Waals surface area contributed by atoms with E-state index in [2.05, 4.69) is 40.4 Å². The van der Waals surface area contributed by atoms with Crippen molar-refractivity contribution in [2.75, 3.05) is 5.32 Å². The second kappa shape index (κ2) is 8.66. The van der Waals surface area contributed by atoms with Gasteiger partial charge in [-0.25, -0.2) is 19.3 Å². The number of H-pyrrole nitrogens is 2. The van der Waals surface area contributed by atoms with E-state index in [1.165, 1.54) is 6.07 Å². The largest absolute Gasteiger partial charge is 0.335 e. The zero-order valence-corrected chi connectivity index (χ0v) is 19.1. The number of carbonyl (C=O) groups excluding carboxylic acids is 1. The molecule has 0 atom stereocenters. The number of anilines is 1.